The molecule has 4 heteroatoms. The van der Waals surface area contributed by atoms with Crippen LogP contribution in [0.5, 0.6) is 5.75 Å². The summed E-state index contributed by atoms with van der Waals surface area (Å²) in [6, 6.07) is 8.19. The van der Waals surface area contributed by atoms with E-state index in [-0.39, 0.29) is 0 Å². The van der Waals surface area contributed by atoms with Crippen LogP contribution in [-0.4, -0.2) is 62.7 Å². The fourth-order valence-corrected chi connectivity index (χ4v) is 2.27. The molecule has 1 N–H and O–H groups in total. The van der Waals surface area contributed by atoms with Crippen LogP contribution >= 0.6 is 0 Å². The Bertz CT molecular complexity index is 358. The quantitative estimate of drug-likeness (QED) is 0.846. The third kappa shape index (κ3) is 4.73. The van der Waals surface area contributed by atoms with Gasteiger partial charge in [-0.15, -0.1) is 0 Å². The van der Waals surface area contributed by atoms with Gasteiger partial charge in [-0.05, 0) is 38.2 Å². The molecule has 1 aromatic rings. The highest BCUT2D eigenvalue weighted by Gasteiger charge is 2.12. The van der Waals surface area contributed by atoms with Gasteiger partial charge in [0.25, 0.3) is 0 Å². The molecule has 1 aromatic carbocycles. The van der Waals surface area contributed by atoms with E-state index in [9.17, 15) is 0 Å². The molecular weight excluding hydrogens is 238 g/mol. The lowest BCUT2D eigenvalue weighted by molar-refractivity contribution is 0.158. The maximum absolute atomic E-state index is 5.43. The Morgan fingerprint density at radius 2 is 1.79 bits per heavy atom. The van der Waals surface area contributed by atoms with E-state index in [0.717, 1.165) is 31.1 Å². The monoisotopic (exact) mass is 263 g/mol. The Hall–Kier alpha value is -1.26. The van der Waals surface area contributed by atoms with Crippen LogP contribution in [0.4, 0.5) is 5.69 Å². The summed E-state index contributed by atoms with van der Waals surface area (Å²) in [5, 5.41) is 3.46. The van der Waals surface area contributed by atoms with Crippen LogP contribution in [0.2, 0.25) is 0 Å². The second-order valence-corrected chi connectivity index (χ2v) is 5.03. The number of nitrogens with zero attached hydrogens (tertiary/aromatic N) is 2. The lowest BCUT2D eigenvalue weighted by atomic mass is 10.3. The fraction of sp³-hybridized carbons (Fsp3) is 0.600. The molecule has 19 heavy (non-hydrogen) atoms. The average molecular weight is 263 g/mol. The van der Waals surface area contributed by atoms with Crippen molar-refractivity contribution < 1.29 is 4.74 Å². The summed E-state index contributed by atoms with van der Waals surface area (Å²) in [5.41, 5.74) is 1.16. The van der Waals surface area contributed by atoms with Crippen molar-refractivity contribution >= 4 is 5.69 Å². The molecule has 1 heterocycles. The zero-order chi connectivity index (χ0) is 13.5. The Morgan fingerprint density at radius 1 is 1.11 bits per heavy atom. The van der Waals surface area contributed by atoms with Gasteiger partial charge in [-0.3, -0.25) is 4.90 Å². The van der Waals surface area contributed by atoms with Crippen molar-refractivity contribution in [3.63, 3.8) is 0 Å². The number of benzene rings is 1. The van der Waals surface area contributed by atoms with Gasteiger partial charge in [0.05, 0.1) is 6.61 Å². The zero-order valence-corrected chi connectivity index (χ0v) is 12.1. The topological polar surface area (TPSA) is 27.7 Å². The number of likely N-dealkylation sites (N-methyl/N-ethyl adjacent to an activating group) is 1. The van der Waals surface area contributed by atoms with Gasteiger partial charge in [0.2, 0.25) is 0 Å². The van der Waals surface area contributed by atoms with E-state index in [1.807, 2.05) is 19.1 Å². The SMILES string of the molecule is CCOc1ccc(NCCN2CCN(C)CC2)cc1. The van der Waals surface area contributed by atoms with Gasteiger partial charge in [0.1, 0.15) is 5.75 Å². The van der Waals surface area contributed by atoms with Gasteiger partial charge < -0.3 is 15.0 Å². The molecular formula is C15H25N3O. The summed E-state index contributed by atoms with van der Waals surface area (Å²) in [4.78, 5) is 4.90. The number of hydrogen-bond donors (Lipinski definition) is 1. The number of piperazine rings is 1. The second kappa shape index (κ2) is 7.36. The van der Waals surface area contributed by atoms with Gasteiger partial charge in [-0.2, -0.15) is 0 Å². The minimum absolute atomic E-state index is 0.718. The molecule has 0 radical (unpaired) electrons. The Kier molecular flexibility index (Phi) is 5.48. The van der Waals surface area contributed by atoms with E-state index in [4.69, 9.17) is 4.74 Å². The summed E-state index contributed by atoms with van der Waals surface area (Å²) in [6.07, 6.45) is 0. The fourth-order valence-electron chi connectivity index (χ4n) is 2.27. The summed E-state index contributed by atoms with van der Waals surface area (Å²) >= 11 is 0. The van der Waals surface area contributed by atoms with Crippen molar-refractivity contribution in [1.29, 1.82) is 0 Å². The maximum Gasteiger partial charge on any atom is 0.119 e. The van der Waals surface area contributed by atoms with E-state index in [1.165, 1.54) is 26.2 Å². The molecule has 0 aromatic heterocycles. The number of hydrogen-bond acceptors (Lipinski definition) is 4. The largest absolute Gasteiger partial charge is 0.494 e. The lowest BCUT2D eigenvalue weighted by Gasteiger charge is -2.32. The molecule has 0 spiro atoms. The number of rotatable bonds is 6. The van der Waals surface area contributed by atoms with Gasteiger partial charge in [-0.1, -0.05) is 0 Å². The first-order valence-electron chi connectivity index (χ1n) is 7.15. The second-order valence-electron chi connectivity index (χ2n) is 5.03. The van der Waals surface area contributed by atoms with E-state index < -0.39 is 0 Å². The molecule has 1 aliphatic heterocycles. The van der Waals surface area contributed by atoms with Gasteiger partial charge in [0.15, 0.2) is 0 Å². The normalized spacial score (nSPS) is 17.4. The Balaban J connectivity index is 1.67. The predicted octanol–water partition coefficient (Wildman–Crippen LogP) is 1.74. The van der Waals surface area contributed by atoms with Crippen LogP contribution in [0.25, 0.3) is 0 Å². The summed E-state index contributed by atoms with van der Waals surface area (Å²) in [7, 11) is 2.19. The van der Waals surface area contributed by atoms with E-state index in [1.54, 1.807) is 0 Å². The molecule has 1 aliphatic rings. The van der Waals surface area contributed by atoms with E-state index in [0.29, 0.717) is 0 Å². The van der Waals surface area contributed by atoms with Crippen molar-refractivity contribution in [3.05, 3.63) is 24.3 Å². The molecule has 1 saturated heterocycles. The maximum atomic E-state index is 5.43. The first kappa shape index (κ1) is 14.2. The molecule has 0 amide bonds. The van der Waals surface area contributed by atoms with Crippen LogP contribution in [0.3, 0.4) is 0 Å². The van der Waals surface area contributed by atoms with Crippen LogP contribution in [0.1, 0.15) is 6.92 Å². The van der Waals surface area contributed by atoms with Crippen LogP contribution < -0.4 is 10.1 Å². The lowest BCUT2D eigenvalue weighted by Crippen LogP contribution is -2.45. The van der Waals surface area contributed by atoms with Crippen molar-refractivity contribution in [2.45, 2.75) is 6.92 Å². The third-order valence-corrected chi connectivity index (χ3v) is 3.52. The molecule has 2 rings (SSSR count). The molecule has 4 nitrogen and oxygen atoms in total. The van der Waals surface area contributed by atoms with Crippen LogP contribution in [0, 0.1) is 0 Å². The van der Waals surface area contributed by atoms with Crippen LogP contribution in [-0.2, 0) is 0 Å². The van der Waals surface area contributed by atoms with Crippen molar-refractivity contribution in [1.82, 2.24) is 9.80 Å². The molecule has 1 fully saturated rings. The molecule has 0 bridgehead atoms. The first-order valence-corrected chi connectivity index (χ1v) is 7.15. The van der Waals surface area contributed by atoms with Gasteiger partial charge in [-0.25, -0.2) is 0 Å². The predicted molar refractivity (Wildman–Crippen MR) is 80.0 cm³/mol. The van der Waals surface area contributed by atoms with Crippen molar-refractivity contribution in [2.24, 2.45) is 0 Å². The minimum atomic E-state index is 0.718. The average Bonchev–Trinajstić information content (AvgIpc) is 2.43. The van der Waals surface area contributed by atoms with E-state index in [2.05, 4.69) is 34.3 Å². The minimum Gasteiger partial charge on any atom is -0.494 e. The highest BCUT2D eigenvalue weighted by atomic mass is 16.5. The van der Waals surface area contributed by atoms with Crippen molar-refractivity contribution in [3.8, 4) is 5.75 Å². The van der Waals surface area contributed by atoms with Crippen LogP contribution in [0.15, 0.2) is 24.3 Å². The van der Waals surface area contributed by atoms with Gasteiger partial charge >= 0.3 is 0 Å². The molecule has 0 saturated carbocycles. The highest BCUT2D eigenvalue weighted by Crippen LogP contribution is 2.15. The molecule has 0 unspecified atom stereocenters. The van der Waals surface area contributed by atoms with Crippen molar-refractivity contribution in [2.75, 3.05) is 58.2 Å². The first-order chi connectivity index (χ1) is 9.28. The summed E-state index contributed by atoms with van der Waals surface area (Å²) in [5.74, 6) is 0.937. The number of nitrogens with one attached hydrogen (secondary N) is 1. The number of ether oxygens (including phenoxy) is 1. The molecule has 0 aliphatic carbocycles. The zero-order valence-electron chi connectivity index (χ0n) is 12.1. The summed E-state index contributed by atoms with van der Waals surface area (Å²) in [6.45, 7) is 9.56. The number of anilines is 1. The third-order valence-electron chi connectivity index (χ3n) is 3.52. The Morgan fingerprint density at radius 3 is 2.42 bits per heavy atom. The Labute approximate surface area is 116 Å². The molecule has 106 valence electrons. The standard InChI is InChI=1S/C15H25N3O/c1-3-19-15-6-4-14(5-7-15)16-8-9-18-12-10-17(2)11-13-18/h4-7,16H,3,8-13H2,1-2H3. The molecule has 0 atom stereocenters. The van der Waals surface area contributed by atoms with Gasteiger partial charge in [0, 0.05) is 45.0 Å². The summed E-state index contributed by atoms with van der Waals surface area (Å²) < 4.78 is 5.43. The van der Waals surface area contributed by atoms with E-state index >= 15 is 0 Å². The highest BCUT2D eigenvalue weighted by molar-refractivity contribution is 5.46. The smallest absolute Gasteiger partial charge is 0.119 e.